The Labute approximate surface area is 151 Å². The van der Waals surface area contributed by atoms with E-state index >= 15 is 0 Å². The monoisotopic (exact) mass is 371 g/mol. The molecule has 3 rings (SSSR count). The van der Waals surface area contributed by atoms with Gasteiger partial charge in [0.15, 0.2) is 9.84 Å². The van der Waals surface area contributed by atoms with Gasteiger partial charge in [0.05, 0.1) is 17.2 Å². The van der Waals surface area contributed by atoms with Crippen LogP contribution >= 0.6 is 0 Å². The molecule has 1 aliphatic heterocycles. The Bertz CT molecular complexity index is 1010. The van der Waals surface area contributed by atoms with Crippen LogP contribution in [0.5, 0.6) is 0 Å². The number of benzene rings is 2. The maximum atomic E-state index is 12.6. The quantitative estimate of drug-likeness (QED) is 0.877. The fraction of sp³-hybridized carbons (Fsp3) is 0.167. The predicted molar refractivity (Wildman–Crippen MR) is 96.7 cm³/mol. The van der Waals surface area contributed by atoms with Crippen LogP contribution in [0.25, 0.3) is 0 Å². The standard InChI is InChI=1S/C18H17N3O4S/c1-26(24,25)15-7-5-12(6-8-15)16-9-10-21(20-16)18(23)14-4-2-3-13(11-14)17(19)22/h2-8,11H,9-10H2,1H3,(H2,19,22). The van der Waals surface area contributed by atoms with E-state index in [1.807, 2.05) is 0 Å². The third-order valence-electron chi connectivity index (χ3n) is 4.05. The minimum absolute atomic E-state index is 0.232. The van der Waals surface area contributed by atoms with E-state index in [1.54, 1.807) is 30.3 Å². The number of hydrazone groups is 1. The molecule has 2 amide bonds. The zero-order chi connectivity index (χ0) is 18.9. The summed E-state index contributed by atoms with van der Waals surface area (Å²) < 4.78 is 23.0. The summed E-state index contributed by atoms with van der Waals surface area (Å²) >= 11 is 0. The largest absolute Gasteiger partial charge is 0.366 e. The van der Waals surface area contributed by atoms with Gasteiger partial charge < -0.3 is 5.73 Å². The molecule has 7 nitrogen and oxygen atoms in total. The number of primary amides is 1. The van der Waals surface area contributed by atoms with Crippen LogP contribution in [0.4, 0.5) is 0 Å². The van der Waals surface area contributed by atoms with Gasteiger partial charge in [0.25, 0.3) is 5.91 Å². The van der Waals surface area contributed by atoms with Crippen LogP contribution in [-0.4, -0.2) is 43.8 Å². The number of carbonyl (C=O) groups is 2. The molecule has 2 aromatic rings. The zero-order valence-electron chi connectivity index (χ0n) is 14.0. The van der Waals surface area contributed by atoms with E-state index in [0.29, 0.717) is 24.2 Å². The predicted octanol–water partition coefficient (Wildman–Crippen LogP) is 1.44. The van der Waals surface area contributed by atoms with Crippen LogP contribution < -0.4 is 5.73 Å². The second-order valence-corrected chi connectivity index (χ2v) is 7.98. The third kappa shape index (κ3) is 3.65. The number of hydrogen-bond acceptors (Lipinski definition) is 5. The number of hydrogen-bond donors (Lipinski definition) is 1. The van der Waals surface area contributed by atoms with Crippen LogP contribution in [0.15, 0.2) is 58.5 Å². The molecule has 1 heterocycles. The van der Waals surface area contributed by atoms with E-state index in [-0.39, 0.29) is 16.4 Å². The highest BCUT2D eigenvalue weighted by Crippen LogP contribution is 2.19. The molecule has 0 aliphatic carbocycles. The highest BCUT2D eigenvalue weighted by molar-refractivity contribution is 7.90. The van der Waals surface area contributed by atoms with Gasteiger partial charge in [-0.05, 0) is 35.9 Å². The Balaban J connectivity index is 1.82. The summed E-state index contributed by atoms with van der Waals surface area (Å²) in [5.74, 6) is -0.924. The van der Waals surface area contributed by atoms with Crippen molar-refractivity contribution < 1.29 is 18.0 Å². The lowest BCUT2D eigenvalue weighted by atomic mass is 10.1. The smallest absolute Gasteiger partial charge is 0.273 e. The number of rotatable bonds is 4. The van der Waals surface area contributed by atoms with Gasteiger partial charge in [-0.25, -0.2) is 13.4 Å². The second-order valence-electron chi connectivity index (χ2n) is 5.97. The topological polar surface area (TPSA) is 110 Å². The molecule has 0 saturated heterocycles. The molecule has 0 bridgehead atoms. The molecule has 8 heteroatoms. The molecule has 0 atom stereocenters. The van der Waals surface area contributed by atoms with E-state index in [2.05, 4.69) is 5.10 Å². The molecule has 0 radical (unpaired) electrons. The fourth-order valence-corrected chi connectivity index (χ4v) is 3.29. The molecule has 0 unspecified atom stereocenters. The molecular weight excluding hydrogens is 354 g/mol. The highest BCUT2D eigenvalue weighted by Gasteiger charge is 2.23. The molecule has 0 fully saturated rings. The van der Waals surface area contributed by atoms with Gasteiger partial charge in [-0.1, -0.05) is 18.2 Å². The van der Waals surface area contributed by atoms with E-state index < -0.39 is 15.7 Å². The lowest BCUT2D eigenvalue weighted by Crippen LogP contribution is -2.24. The van der Waals surface area contributed by atoms with Crippen LogP contribution in [0.2, 0.25) is 0 Å². The Morgan fingerprint density at radius 1 is 1.08 bits per heavy atom. The van der Waals surface area contributed by atoms with Crippen molar-refractivity contribution in [3.05, 3.63) is 65.2 Å². The van der Waals surface area contributed by atoms with Crippen molar-refractivity contribution in [3.8, 4) is 0 Å². The zero-order valence-corrected chi connectivity index (χ0v) is 14.9. The van der Waals surface area contributed by atoms with Gasteiger partial charge in [0.2, 0.25) is 5.91 Å². The maximum Gasteiger partial charge on any atom is 0.273 e. The number of carbonyl (C=O) groups excluding carboxylic acids is 2. The van der Waals surface area contributed by atoms with E-state index in [0.717, 1.165) is 11.8 Å². The molecule has 1 aliphatic rings. The van der Waals surface area contributed by atoms with Gasteiger partial charge in [0.1, 0.15) is 0 Å². The fourth-order valence-electron chi connectivity index (χ4n) is 2.66. The number of sulfone groups is 1. The van der Waals surface area contributed by atoms with Crippen molar-refractivity contribution in [1.29, 1.82) is 0 Å². The summed E-state index contributed by atoms with van der Waals surface area (Å²) in [6.07, 6.45) is 1.70. The first-order chi connectivity index (χ1) is 12.3. The van der Waals surface area contributed by atoms with Crippen molar-refractivity contribution in [2.75, 3.05) is 12.8 Å². The van der Waals surface area contributed by atoms with Crippen LogP contribution in [0.1, 0.15) is 32.7 Å². The van der Waals surface area contributed by atoms with Gasteiger partial charge >= 0.3 is 0 Å². The van der Waals surface area contributed by atoms with Gasteiger partial charge in [-0.3, -0.25) is 9.59 Å². The molecule has 2 N–H and O–H groups in total. The Morgan fingerprint density at radius 3 is 2.35 bits per heavy atom. The van der Waals surface area contributed by atoms with Crippen molar-refractivity contribution in [2.45, 2.75) is 11.3 Å². The SMILES string of the molecule is CS(=O)(=O)c1ccc(C2=NN(C(=O)c3cccc(C(N)=O)c3)CC2)cc1. The first kappa shape index (κ1) is 17.8. The van der Waals surface area contributed by atoms with Crippen molar-refractivity contribution in [1.82, 2.24) is 5.01 Å². The summed E-state index contributed by atoms with van der Waals surface area (Å²) in [5.41, 5.74) is 7.30. The third-order valence-corrected chi connectivity index (χ3v) is 5.17. The molecular formula is C18H17N3O4S. The van der Waals surface area contributed by atoms with E-state index in [9.17, 15) is 18.0 Å². The van der Waals surface area contributed by atoms with Crippen molar-refractivity contribution >= 4 is 27.4 Å². The van der Waals surface area contributed by atoms with Crippen molar-refractivity contribution in [3.63, 3.8) is 0 Å². The summed E-state index contributed by atoms with van der Waals surface area (Å²) in [6.45, 7) is 0.406. The maximum absolute atomic E-state index is 12.6. The summed E-state index contributed by atoms with van der Waals surface area (Å²) in [7, 11) is -3.26. The molecule has 134 valence electrons. The Kier molecular flexibility index (Phi) is 4.60. The minimum Gasteiger partial charge on any atom is -0.366 e. The van der Waals surface area contributed by atoms with E-state index in [4.69, 9.17) is 5.73 Å². The lowest BCUT2D eigenvalue weighted by Gasteiger charge is -2.11. The van der Waals surface area contributed by atoms with Crippen LogP contribution in [0.3, 0.4) is 0 Å². The lowest BCUT2D eigenvalue weighted by molar-refractivity contribution is 0.0778. The number of nitrogens with two attached hydrogens (primary N) is 1. The van der Waals surface area contributed by atoms with E-state index in [1.165, 1.54) is 23.2 Å². The van der Waals surface area contributed by atoms with Gasteiger partial charge in [0, 0.05) is 23.8 Å². The van der Waals surface area contributed by atoms with Gasteiger partial charge in [-0.2, -0.15) is 5.10 Å². The number of amides is 2. The minimum atomic E-state index is -3.26. The highest BCUT2D eigenvalue weighted by atomic mass is 32.2. The summed E-state index contributed by atoms with van der Waals surface area (Å²) in [5, 5.41) is 5.67. The normalized spacial score (nSPS) is 14.2. The molecule has 26 heavy (non-hydrogen) atoms. The first-order valence-electron chi connectivity index (χ1n) is 7.85. The Morgan fingerprint density at radius 2 is 1.73 bits per heavy atom. The molecule has 2 aromatic carbocycles. The molecule has 0 aromatic heterocycles. The van der Waals surface area contributed by atoms with Crippen LogP contribution in [0, 0.1) is 0 Å². The van der Waals surface area contributed by atoms with Gasteiger partial charge in [-0.15, -0.1) is 0 Å². The average molecular weight is 371 g/mol. The summed E-state index contributed by atoms with van der Waals surface area (Å²) in [4.78, 5) is 24.1. The number of nitrogens with zero attached hydrogens (tertiary/aromatic N) is 2. The molecule has 0 saturated carbocycles. The second kappa shape index (κ2) is 6.72. The van der Waals surface area contributed by atoms with Crippen LogP contribution in [-0.2, 0) is 9.84 Å². The first-order valence-corrected chi connectivity index (χ1v) is 9.74. The molecule has 0 spiro atoms. The summed E-state index contributed by atoms with van der Waals surface area (Å²) in [6, 6.07) is 12.6. The average Bonchev–Trinajstić information content (AvgIpc) is 3.10. The van der Waals surface area contributed by atoms with Crippen molar-refractivity contribution in [2.24, 2.45) is 10.8 Å². The Hall–Kier alpha value is -3.00.